The van der Waals surface area contributed by atoms with Crippen molar-refractivity contribution in [2.75, 3.05) is 19.5 Å². The van der Waals surface area contributed by atoms with Gasteiger partial charge in [-0.05, 0) is 36.4 Å². The molecular weight excluding hydrogens is 476 g/mol. The summed E-state index contributed by atoms with van der Waals surface area (Å²) >= 11 is 7.59. The first-order valence-corrected chi connectivity index (χ1v) is 12.1. The molecule has 1 aliphatic heterocycles. The van der Waals surface area contributed by atoms with Crippen molar-refractivity contribution in [2.24, 2.45) is 5.73 Å². The number of aromatic nitrogens is 2. The Kier molecular flexibility index (Phi) is 7.23. The van der Waals surface area contributed by atoms with E-state index in [9.17, 15) is 9.59 Å². The minimum atomic E-state index is -1.10. The fourth-order valence-corrected chi connectivity index (χ4v) is 4.15. The van der Waals surface area contributed by atoms with Gasteiger partial charge in [-0.25, -0.2) is 9.97 Å². The van der Waals surface area contributed by atoms with Crippen molar-refractivity contribution in [1.82, 2.24) is 14.9 Å². The van der Waals surface area contributed by atoms with Crippen LogP contribution in [-0.4, -0.2) is 46.2 Å². The molecule has 2 heterocycles. The van der Waals surface area contributed by atoms with E-state index in [4.69, 9.17) is 26.8 Å². The zero-order valence-corrected chi connectivity index (χ0v) is 20.2. The number of nitrogens with zero attached hydrogens (tertiary/aromatic N) is 3. The Balaban J connectivity index is 1.80. The highest BCUT2D eigenvalue weighted by atomic mass is 35.5. The molecule has 1 aromatic heterocycles. The summed E-state index contributed by atoms with van der Waals surface area (Å²) in [5.74, 6) is -0.185. The number of carbonyl (C=O) groups excluding carboxylic acids is 2. The molecule has 1 atom stereocenters. The number of benzene rings is 2. The molecule has 0 saturated carbocycles. The Morgan fingerprint density at radius 2 is 1.85 bits per heavy atom. The van der Waals surface area contributed by atoms with Crippen molar-refractivity contribution >= 4 is 35.2 Å². The van der Waals surface area contributed by atoms with Gasteiger partial charge < -0.3 is 20.1 Å². The third-order valence-electron chi connectivity index (χ3n) is 5.30. The number of halogens is 1. The van der Waals surface area contributed by atoms with Gasteiger partial charge in [-0.1, -0.05) is 59.3 Å². The number of nitrogens with two attached hydrogens (primary N) is 1. The van der Waals surface area contributed by atoms with Crippen molar-refractivity contribution in [2.45, 2.75) is 24.7 Å². The lowest BCUT2D eigenvalue weighted by Gasteiger charge is -2.31. The number of carbonyl (C=O) groups is 2. The van der Waals surface area contributed by atoms with Gasteiger partial charge in [-0.2, -0.15) is 0 Å². The molecule has 2 aromatic carbocycles. The first kappa shape index (κ1) is 23.8. The quantitative estimate of drug-likeness (QED) is 0.390. The summed E-state index contributed by atoms with van der Waals surface area (Å²) in [5, 5.41) is 0.472. The number of aryl methyl sites for hydroxylation is 1. The molecule has 0 aliphatic carbocycles. The van der Waals surface area contributed by atoms with Crippen LogP contribution < -0.4 is 15.2 Å². The fourth-order valence-electron chi connectivity index (χ4n) is 3.63. The highest BCUT2D eigenvalue weighted by molar-refractivity contribution is 7.98. The van der Waals surface area contributed by atoms with Crippen LogP contribution in [0.5, 0.6) is 11.5 Å². The van der Waals surface area contributed by atoms with Gasteiger partial charge in [0.15, 0.2) is 22.3 Å². The second kappa shape index (κ2) is 10.3. The van der Waals surface area contributed by atoms with Crippen LogP contribution in [0.3, 0.4) is 0 Å². The van der Waals surface area contributed by atoms with E-state index in [-0.39, 0.29) is 17.3 Å². The van der Waals surface area contributed by atoms with Gasteiger partial charge in [-0.15, -0.1) is 0 Å². The van der Waals surface area contributed by atoms with Crippen LogP contribution in [0.15, 0.2) is 53.8 Å². The summed E-state index contributed by atoms with van der Waals surface area (Å²) in [5.41, 5.74) is 8.24. The molecule has 4 rings (SSSR count). The standard InChI is InChI=1S/C24H23ClN4O4S/c1-14-3-5-15(6-4-14)13-29(23(31)20-17(25)12-27-24(28-20)34-2)21(22(26)30)16-7-8-18-19(11-16)33-10-9-32-18/h3-8,11-12,21H,9-10,13H2,1-2H3,(H2,26,30). The summed E-state index contributed by atoms with van der Waals surface area (Å²) in [6, 6.07) is 11.6. The Morgan fingerprint density at radius 3 is 2.53 bits per heavy atom. The van der Waals surface area contributed by atoms with Crippen molar-refractivity contribution in [3.63, 3.8) is 0 Å². The van der Waals surface area contributed by atoms with E-state index >= 15 is 0 Å². The Morgan fingerprint density at radius 1 is 1.15 bits per heavy atom. The average molecular weight is 499 g/mol. The monoisotopic (exact) mass is 498 g/mol. The van der Waals surface area contributed by atoms with Gasteiger partial charge in [0, 0.05) is 6.54 Å². The predicted octanol–water partition coefficient (Wildman–Crippen LogP) is 3.80. The second-order valence-corrected chi connectivity index (χ2v) is 8.86. The number of hydrogen-bond acceptors (Lipinski definition) is 7. The minimum absolute atomic E-state index is 0.00285. The van der Waals surface area contributed by atoms with E-state index in [0.29, 0.717) is 35.4 Å². The van der Waals surface area contributed by atoms with Crippen molar-refractivity contribution in [1.29, 1.82) is 0 Å². The largest absolute Gasteiger partial charge is 0.486 e. The molecule has 3 aromatic rings. The van der Waals surface area contributed by atoms with Crippen LogP contribution in [0.4, 0.5) is 0 Å². The first-order valence-electron chi connectivity index (χ1n) is 10.5. The number of primary amides is 1. The van der Waals surface area contributed by atoms with Crippen LogP contribution in [0.2, 0.25) is 5.02 Å². The minimum Gasteiger partial charge on any atom is -0.486 e. The van der Waals surface area contributed by atoms with E-state index < -0.39 is 17.9 Å². The van der Waals surface area contributed by atoms with E-state index in [2.05, 4.69) is 9.97 Å². The van der Waals surface area contributed by atoms with E-state index in [1.807, 2.05) is 31.2 Å². The molecule has 0 fully saturated rings. The lowest BCUT2D eigenvalue weighted by molar-refractivity contribution is -0.122. The zero-order valence-electron chi connectivity index (χ0n) is 18.7. The molecule has 34 heavy (non-hydrogen) atoms. The smallest absolute Gasteiger partial charge is 0.275 e. The normalized spacial score (nSPS) is 13.3. The molecule has 10 heteroatoms. The number of ether oxygens (including phenoxy) is 2. The molecule has 176 valence electrons. The Bertz CT molecular complexity index is 1220. The van der Waals surface area contributed by atoms with Crippen molar-refractivity contribution in [3.8, 4) is 11.5 Å². The Labute approximate surface area is 206 Å². The summed E-state index contributed by atoms with van der Waals surface area (Å²) < 4.78 is 11.3. The van der Waals surface area contributed by atoms with Crippen LogP contribution >= 0.6 is 23.4 Å². The third kappa shape index (κ3) is 5.10. The van der Waals surface area contributed by atoms with E-state index in [1.165, 1.54) is 22.9 Å². The van der Waals surface area contributed by atoms with Gasteiger partial charge in [0.05, 0.1) is 11.2 Å². The predicted molar refractivity (Wildman–Crippen MR) is 129 cm³/mol. The first-order chi connectivity index (χ1) is 16.4. The number of hydrogen-bond donors (Lipinski definition) is 1. The number of amides is 2. The number of rotatable bonds is 7. The highest BCUT2D eigenvalue weighted by Crippen LogP contribution is 2.35. The van der Waals surface area contributed by atoms with Crippen LogP contribution in [0.25, 0.3) is 0 Å². The van der Waals surface area contributed by atoms with Crippen molar-refractivity contribution < 1.29 is 19.1 Å². The fraction of sp³-hybridized carbons (Fsp3) is 0.250. The molecule has 0 radical (unpaired) electrons. The maximum Gasteiger partial charge on any atom is 0.275 e. The van der Waals surface area contributed by atoms with E-state index in [0.717, 1.165) is 11.1 Å². The van der Waals surface area contributed by atoms with Gasteiger partial charge in [-0.3, -0.25) is 9.59 Å². The van der Waals surface area contributed by atoms with Gasteiger partial charge in [0.1, 0.15) is 19.3 Å². The summed E-state index contributed by atoms with van der Waals surface area (Å²) in [6.07, 6.45) is 3.17. The lowest BCUT2D eigenvalue weighted by atomic mass is 10.0. The molecule has 8 nitrogen and oxygen atoms in total. The van der Waals surface area contributed by atoms with Gasteiger partial charge in [0.2, 0.25) is 5.91 Å². The van der Waals surface area contributed by atoms with Crippen LogP contribution in [0.1, 0.15) is 33.2 Å². The number of thioether (sulfide) groups is 1. The maximum atomic E-state index is 13.8. The molecular formula is C24H23ClN4O4S. The molecule has 0 spiro atoms. The summed E-state index contributed by atoms with van der Waals surface area (Å²) in [7, 11) is 0. The zero-order chi connectivity index (χ0) is 24.2. The van der Waals surface area contributed by atoms with Gasteiger partial charge >= 0.3 is 0 Å². The molecule has 2 N–H and O–H groups in total. The SMILES string of the molecule is CSc1ncc(Cl)c(C(=O)N(Cc2ccc(C)cc2)C(C(N)=O)c2ccc3c(c2)OCCO3)n1. The van der Waals surface area contributed by atoms with Crippen LogP contribution in [-0.2, 0) is 11.3 Å². The molecule has 0 bridgehead atoms. The molecule has 1 aliphatic rings. The molecule has 0 saturated heterocycles. The third-order valence-corrected chi connectivity index (χ3v) is 6.14. The molecule has 2 amide bonds. The molecule has 1 unspecified atom stereocenters. The lowest BCUT2D eigenvalue weighted by Crippen LogP contribution is -2.42. The second-order valence-electron chi connectivity index (χ2n) is 7.68. The highest BCUT2D eigenvalue weighted by Gasteiger charge is 2.33. The average Bonchev–Trinajstić information content (AvgIpc) is 2.84. The summed E-state index contributed by atoms with van der Waals surface area (Å²) in [4.78, 5) is 36.4. The number of fused-ring (bicyclic) bond motifs is 1. The maximum absolute atomic E-state index is 13.8. The topological polar surface area (TPSA) is 108 Å². The van der Waals surface area contributed by atoms with Crippen LogP contribution in [0, 0.1) is 6.92 Å². The van der Waals surface area contributed by atoms with Gasteiger partial charge in [0.25, 0.3) is 5.91 Å². The Hall–Kier alpha value is -3.30. The van der Waals surface area contributed by atoms with Crippen molar-refractivity contribution in [3.05, 3.63) is 76.1 Å². The van der Waals surface area contributed by atoms with E-state index in [1.54, 1.807) is 24.5 Å². The summed E-state index contributed by atoms with van der Waals surface area (Å²) in [6.45, 7) is 2.90.